The first-order chi connectivity index (χ1) is 6.83. The number of rotatable bonds is 1. The zero-order valence-corrected chi connectivity index (χ0v) is 7.57. The Morgan fingerprint density at radius 2 is 1.79 bits per heavy atom. The first-order valence-corrected chi connectivity index (χ1v) is 4.41. The third kappa shape index (κ3) is 1.44. The average Bonchev–Trinajstić information content (AvgIpc) is 2.27. The van der Waals surface area contributed by atoms with Crippen molar-refractivity contribution in [3.05, 3.63) is 54.5 Å². The number of aliphatic hydroxyl groups is 1. The molecule has 1 N–H and O–H groups in total. The normalized spacial score (nSPS) is 12.5. The monoisotopic (exact) mass is 181 g/mol. The molecular weight excluding hydrogens is 172 g/mol. The quantitative estimate of drug-likeness (QED) is 0.529. The fraction of sp³-hybridized carbons (Fsp3) is 0.0769. The Balaban J connectivity index is 2.72. The number of aliphatic hydroxyl groups excluding tert-OH is 1. The topological polar surface area (TPSA) is 20.2 Å². The van der Waals surface area contributed by atoms with Gasteiger partial charge in [-0.1, -0.05) is 0 Å². The zero-order chi connectivity index (χ0) is 9.97. The first-order valence-electron chi connectivity index (χ1n) is 4.41. The molecule has 2 aromatic carbocycles. The Morgan fingerprint density at radius 1 is 1.07 bits per heavy atom. The fourth-order valence-corrected chi connectivity index (χ4v) is 1.57. The first kappa shape index (κ1) is 9.01. The molecule has 0 aliphatic rings. The van der Waals surface area contributed by atoms with E-state index in [4.69, 9.17) is 6.42 Å². The summed E-state index contributed by atoms with van der Waals surface area (Å²) in [5, 5.41) is 11.6. The van der Waals surface area contributed by atoms with Crippen molar-refractivity contribution in [1.29, 1.82) is 0 Å². The summed E-state index contributed by atoms with van der Waals surface area (Å²) >= 11 is 0. The van der Waals surface area contributed by atoms with Crippen molar-refractivity contribution in [3.8, 4) is 5.92 Å². The van der Waals surface area contributed by atoms with Crippen LogP contribution in [0.4, 0.5) is 0 Å². The van der Waals surface area contributed by atoms with E-state index in [9.17, 15) is 5.11 Å². The maximum atomic E-state index is 9.53. The Bertz CT molecular complexity index is 489. The molecule has 14 heavy (non-hydrogen) atoms. The standard InChI is InChI=1S/C13H9O/c1-2-13(14)12-9-5-7-10-6-3-4-8-11(10)12/h3-9,13-14H/q+1. The summed E-state index contributed by atoms with van der Waals surface area (Å²) in [6, 6.07) is 13.5. The van der Waals surface area contributed by atoms with E-state index < -0.39 is 6.10 Å². The summed E-state index contributed by atoms with van der Waals surface area (Å²) in [5.41, 5.74) is 0.734. The molecule has 1 nitrogen and oxygen atoms in total. The number of hydrogen-bond donors (Lipinski definition) is 1. The van der Waals surface area contributed by atoms with Crippen LogP contribution < -0.4 is 0 Å². The minimum atomic E-state index is -0.930. The van der Waals surface area contributed by atoms with E-state index in [0.29, 0.717) is 0 Å². The Labute approximate surface area is 83.0 Å². The molecule has 2 aromatic rings. The van der Waals surface area contributed by atoms with E-state index in [1.54, 1.807) is 0 Å². The van der Waals surface area contributed by atoms with Crippen molar-refractivity contribution in [1.82, 2.24) is 0 Å². The molecule has 0 aliphatic carbocycles. The van der Waals surface area contributed by atoms with Crippen molar-refractivity contribution >= 4 is 10.8 Å². The van der Waals surface area contributed by atoms with Gasteiger partial charge in [-0.25, -0.2) is 0 Å². The predicted molar refractivity (Wildman–Crippen MR) is 56.0 cm³/mol. The van der Waals surface area contributed by atoms with Gasteiger partial charge in [-0.3, -0.25) is 0 Å². The van der Waals surface area contributed by atoms with Crippen molar-refractivity contribution in [2.45, 2.75) is 6.10 Å². The Kier molecular flexibility index (Phi) is 2.36. The van der Waals surface area contributed by atoms with Crippen LogP contribution in [0.15, 0.2) is 42.5 Å². The van der Waals surface area contributed by atoms with Gasteiger partial charge in [0.05, 0.1) is 0 Å². The second-order valence-corrected chi connectivity index (χ2v) is 3.12. The summed E-state index contributed by atoms with van der Waals surface area (Å²) < 4.78 is 0. The molecule has 66 valence electrons. The molecule has 0 aliphatic heterocycles. The number of benzene rings is 2. The van der Waals surface area contributed by atoms with Gasteiger partial charge in [0.15, 0.2) is 0 Å². The Hall–Kier alpha value is -1.56. The van der Waals surface area contributed by atoms with E-state index in [-0.39, 0.29) is 0 Å². The maximum absolute atomic E-state index is 9.53. The molecule has 0 saturated heterocycles. The van der Waals surface area contributed by atoms with Gasteiger partial charge >= 0.3 is 82.4 Å². The minimum absolute atomic E-state index is 0.734. The summed E-state index contributed by atoms with van der Waals surface area (Å²) in [6.07, 6.45) is 5.99. The van der Waals surface area contributed by atoms with Gasteiger partial charge in [-0.15, -0.1) is 0 Å². The average molecular weight is 181 g/mol. The predicted octanol–water partition coefficient (Wildman–Crippen LogP) is 2.46. The molecule has 0 aromatic heterocycles. The molecule has 0 heterocycles. The van der Waals surface area contributed by atoms with Crippen LogP contribution in [-0.4, -0.2) is 5.11 Å². The molecule has 0 fully saturated rings. The van der Waals surface area contributed by atoms with Crippen molar-refractivity contribution in [2.24, 2.45) is 0 Å². The van der Waals surface area contributed by atoms with Crippen LogP contribution in [0.25, 0.3) is 10.8 Å². The number of fused-ring (bicyclic) bond motifs is 1. The van der Waals surface area contributed by atoms with E-state index in [0.717, 1.165) is 16.3 Å². The van der Waals surface area contributed by atoms with Gasteiger partial charge in [-0.2, -0.15) is 0 Å². The molecule has 0 saturated carbocycles. The van der Waals surface area contributed by atoms with Gasteiger partial charge in [0, 0.05) is 0 Å². The van der Waals surface area contributed by atoms with Crippen LogP contribution in [0.5, 0.6) is 0 Å². The molecule has 0 amide bonds. The van der Waals surface area contributed by atoms with Crippen LogP contribution in [0.1, 0.15) is 11.7 Å². The van der Waals surface area contributed by atoms with Crippen molar-refractivity contribution < 1.29 is 5.11 Å². The van der Waals surface area contributed by atoms with Gasteiger partial charge in [0.25, 0.3) is 0 Å². The van der Waals surface area contributed by atoms with Crippen LogP contribution in [-0.2, 0) is 0 Å². The Morgan fingerprint density at radius 3 is 2.57 bits per heavy atom. The molecule has 0 bridgehead atoms. The number of hydrogen-bond acceptors (Lipinski definition) is 1. The van der Waals surface area contributed by atoms with E-state index in [1.807, 2.05) is 42.5 Å². The van der Waals surface area contributed by atoms with Gasteiger partial charge in [0.1, 0.15) is 0 Å². The fourth-order valence-electron chi connectivity index (χ4n) is 1.57. The zero-order valence-electron chi connectivity index (χ0n) is 7.57. The second-order valence-electron chi connectivity index (χ2n) is 3.12. The molecule has 0 radical (unpaired) electrons. The summed E-state index contributed by atoms with van der Waals surface area (Å²) in [6.45, 7) is 0. The van der Waals surface area contributed by atoms with Gasteiger partial charge < -0.3 is 0 Å². The molecule has 2 rings (SSSR count). The molecule has 1 unspecified atom stereocenters. The second kappa shape index (κ2) is 3.67. The van der Waals surface area contributed by atoms with Crippen LogP contribution in [0, 0.1) is 12.3 Å². The van der Waals surface area contributed by atoms with Crippen molar-refractivity contribution in [2.75, 3.05) is 0 Å². The molecule has 0 spiro atoms. The van der Waals surface area contributed by atoms with Gasteiger partial charge in [-0.05, 0) is 0 Å². The third-order valence-corrected chi connectivity index (χ3v) is 2.25. The van der Waals surface area contributed by atoms with Crippen LogP contribution in [0.2, 0.25) is 0 Å². The van der Waals surface area contributed by atoms with E-state index >= 15 is 0 Å². The summed E-state index contributed by atoms with van der Waals surface area (Å²) in [7, 11) is 0. The summed E-state index contributed by atoms with van der Waals surface area (Å²) in [5.74, 6) is 2.08. The third-order valence-electron chi connectivity index (χ3n) is 2.25. The van der Waals surface area contributed by atoms with Crippen LogP contribution in [0.3, 0.4) is 0 Å². The van der Waals surface area contributed by atoms with Crippen LogP contribution >= 0.6 is 0 Å². The molecular formula is C13H9O+. The van der Waals surface area contributed by atoms with Gasteiger partial charge in [0.2, 0.25) is 0 Å². The molecule has 1 heteroatoms. The van der Waals surface area contributed by atoms with E-state index in [1.165, 1.54) is 0 Å². The summed E-state index contributed by atoms with van der Waals surface area (Å²) in [4.78, 5) is 0. The van der Waals surface area contributed by atoms with Crippen molar-refractivity contribution in [3.63, 3.8) is 0 Å². The van der Waals surface area contributed by atoms with E-state index in [2.05, 4.69) is 5.92 Å². The SMILES string of the molecule is [C+]#CC(O)c1cccc2ccccc12. The molecule has 1 atom stereocenters.